The van der Waals surface area contributed by atoms with Crippen molar-refractivity contribution in [2.24, 2.45) is 0 Å². The van der Waals surface area contributed by atoms with Crippen LogP contribution in [0.5, 0.6) is 5.75 Å². The maximum atomic E-state index is 12.7. The second-order valence-electron chi connectivity index (χ2n) is 6.77. The Morgan fingerprint density at radius 2 is 1.72 bits per heavy atom. The Labute approximate surface area is 167 Å². The zero-order valence-corrected chi connectivity index (χ0v) is 16.4. The molecule has 0 saturated carbocycles. The van der Waals surface area contributed by atoms with Gasteiger partial charge in [-0.1, -0.05) is 48.0 Å². The second kappa shape index (κ2) is 9.45. The Kier molecular flexibility index (Phi) is 7.25. The lowest BCUT2D eigenvalue weighted by Crippen LogP contribution is -2.33. The lowest BCUT2D eigenvalue weighted by Gasteiger charge is -2.23. The molecule has 1 N–H and O–H groups in total. The van der Waals surface area contributed by atoms with Gasteiger partial charge < -0.3 is 15.0 Å². The molecule has 5 nitrogen and oxygen atoms in total. The summed E-state index contributed by atoms with van der Waals surface area (Å²) in [5.74, 6) is -0.960. The van der Waals surface area contributed by atoms with Gasteiger partial charge in [0.25, 0.3) is 0 Å². The Bertz CT molecular complexity index is 851. The fourth-order valence-corrected chi connectivity index (χ4v) is 2.83. The molecule has 0 radical (unpaired) electrons. The molecule has 0 fully saturated rings. The van der Waals surface area contributed by atoms with Crippen LogP contribution < -0.4 is 10.1 Å². The fourth-order valence-electron chi connectivity index (χ4n) is 2.83. The molecular formula is C21H23F3N2O3. The number of hydrogen-bond donors (Lipinski definition) is 1. The quantitative estimate of drug-likeness (QED) is 0.750. The van der Waals surface area contributed by atoms with E-state index >= 15 is 0 Å². The van der Waals surface area contributed by atoms with E-state index in [0.29, 0.717) is 0 Å². The van der Waals surface area contributed by atoms with Gasteiger partial charge >= 0.3 is 6.36 Å². The van der Waals surface area contributed by atoms with Crippen molar-refractivity contribution in [2.75, 3.05) is 7.05 Å². The third-order valence-electron chi connectivity index (χ3n) is 4.27. The van der Waals surface area contributed by atoms with Crippen molar-refractivity contribution in [3.63, 3.8) is 0 Å². The van der Waals surface area contributed by atoms with Gasteiger partial charge in [-0.15, -0.1) is 13.2 Å². The summed E-state index contributed by atoms with van der Waals surface area (Å²) in [6.07, 6.45) is -4.85. The van der Waals surface area contributed by atoms with Crippen LogP contribution in [0, 0.1) is 6.92 Å². The first-order valence-corrected chi connectivity index (χ1v) is 8.96. The average molecular weight is 408 g/mol. The largest absolute Gasteiger partial charge is 0.573 e. The minimum absolute atomic E-state index is 0.0264. The number of amides is 2. The number of nitrogens with one attached hydrogen (secondary N) is 1. The molecule has 2 rings (SSSR count). The van der Waals surface area contributed by atoms with E-state index in [9.17, 15) is 22.8 Å². The fraction of sp³-hybridized carbons (Fsp3) is 0.333. The van der Waals surface area contributed by atoms with Crippen LogP contribution in [0.1, 0.15) is 36.1 Å². The number of ether oxygens (including phenoxy) is 1. The SMILES string of the molecule is CC(=O)NC(CC(=O)N(C)Cc1ccccc1OC(F)(F)F)c1ccc(C)cc1. The summed E-state index contributed by atoms with van der Waals surface area (Å²) in [7, 11) is 1.49. The summed E-state index contributed by atoms with van der Waals surface area (Å²) >= 11 is 0. The summed E-state index contributed by atoms with van der Waals surface area (Å²) in [4.78, 5) is 25.5. The monoisotopic (exact) mass is 408 g/mol. The molecule has 8 heteroatoms. The standard InChI is InChI=1S/C21H23F3N2O3/c1-14-8-10-16(11-9-14)18(25-15(2)27)12-20(28)26(3)13-17-6-4-5-7-19(17)29-21(22,23)24/h4-11,18H,12-13H2,1-3H3,(H,25,27). The minimum Gasteiger partial charge on any atom is -0.405 e. The summed E-state index contributed by atoms with van der Waals surface area (Å²) in [6.45, 7) is 3.22. The third-order valence-corrected chi connectivity index (χ3v) is 4.27. The molecule has 156 valence electrons. The van der Waals surface area contributed by atoms with Gasteiger partial charge in [-0.25, -0.2) is 0 Å². The summed E-state index contributed by atoms with van der Waals surface area (Å²) < 4.78 is 41.8. The third kappa shape index (κ3) is 7.14. The van der Waals surface area contributed by atoms with Crippen molar-refractivity contribution >= 4 is 11.8 Å². The van der Waals surface area contributed by atoms with Crippen LogP contribution in [-0.2, 0) is 16.1 Å². The van der Waals surface area contributed by atoms with Crippen molar-refractivity contribution in [3.8, 4) is 5.75 Å². The molecule has 0 aliphatic rings. The number of hydrogen-bond acceptors (Lipinski definition) is 3. The van der Waals surface area contributed by atoms with Gasteiger partial charge in [0.1, 0.15) is 5.75 Å². The van der Waals surface area contributed by atoms with Gasteiger partial charge in [-0.2, -0.15) is 0 Å². The van der Waals surface area contributed by atoms with Gasteiger partial charge in [-0.3, -0.25) is 9.59 Å². The number of carbonyl (C=O) groups excluding carboxylic acids is 2. The van der Waals surface area contributed by atoms with E-state index in [0.717, 1.165) is 11.1 Å². The van der Waals surface area contributed by atoms with Gasteiger partial charge in [0.2, 0.25) is 11.8 Å². The maximum Gasteiger partial charge on any atom is 0.573 e. The molecule has 1 atom stereocenters. The number of halogens is 3. The molecule has 2 aromatic rings. The van der Waals surface area contributed by atoms with Crippen LogP contribution in [0.3, 0.4) is 0 Å². The number of rotatable bonds is 7. The maximum absolute atomic E-state index is 12.7. The minimum atomic E-state index is -4.82. The van der Waals surface area contributed by atoms with Crippen LogP contribution >= 0.6 is 0 Å². The molecule has 0 aliphatic heterocycles. The lowest BCUT2D eigenvalue weighted by atomic mass is 10.0. The first-order valence-electron chi connectivity index (χ1n) is 8.96. The highest BCUT2D eigenvalue weighted by molar-refractivity contribution is 5.79. The Morgan fingerprint density at radius 3 is 2.31 bits per heavy atom. The number of nitrogens with zero attached hydrogens (tertiary/aromatic N) is 1. The first kappa shape index (κ1) is 22.3. The van der Waals surface area contributed by atoms with Gasteiger partial charge in [0, 0.05) is 26.1 Å². The topological polar surface area (TPSA) is 58.6 Å². The molecular weight excluding hydrogens is 385 g/mol. The number of aryl methyl sites for hydroxylation is 1. The Hall–Kier alpha value is -3.03. The highest BCUT2D eigenvalue weighted by atomic mass is 19.4. The van der Waals surface area contributed by atoms with E-state index in [2.05, 4.69) is 10.1 Å². The Balaban J connectivity index is 2.12. The predicted octanol–water partition coefficient (Wildman–Crippen LogP) is 4.12. The Morgan fingerprint density at radius 1 is 1.10 bits per heavy atom. The zero-order valence-electron chi connectivity index (χ0n) is 16.4. The van der Waals surface area contributed by atoms with E-state index in [4.69, 9.17) is 0 Å². The van der Waals surface area contributed by atoms with Gasteiger partial charge in [0.15, 0.2) is 0 Å². The number of alkyl halides is 3. The van der Waals surface area contributed by atoms with E-state index in [1.54, 1.807) is 6.07 Å². The van der Waals surface area contributed by atoms with E-state index in [1.165, 1.54) is 37.1 Å². The van der Waals surface area contributed by atoms with Crippen LogP contribution in [0.2, 0.25) is 0 Å². The summed E-state index contributed by atoms with van der Waals surface area (Å²) in [5.41, 5.74) is 2.04. The van der Waals surface area contributed by atoms with Crippen LogP contribution in [0.25, 0.3) is 0 Å². The lowest BCUT2D eigenvalue weighted by molar-refractivity contribution is -0.275. The molecule has 29 heavy (non-hydrogen) atoms. The normalized spacial score (nSPS) is 12.2. The van der Waals surface area contributed by atoms with Gasteiger partial charge in [0.05, 0.1) is 12.5 Å². The van der Waals surface area contributed by atoms with E-state index in [1.807, 2.05) is 31.2 Å². The molecule has 2 aromatic carbocycles. The summed E-state index contributed by atoms with van der Waals surface area (Å²) in [6, 6.07) is 12.5. The van der Waals surface area contributed by atoms with Crippen LogP contribution in [0.4, 0.5) is 13.2 Å². The molecule has 0 heterocycles. The number of carbonyl (C=O) groups is 2. The number of para-hydroxylation sites is 1. The van der Waals surface area contributed by atoms with Crippen molar-refractivity contribution in [1.82, 2.24) is 10.2 Å². The smallest absolute Gasteiger partial charge is 0.405 e. The molecule has 0 aliphatic carbocycles. The van der Waals surface area contributed by atoms with Gasteiger partial charge in [-0.05, 0) is 18.6 Å². The van der Waals surface area contributed by atoms with Crippen molar-refractivity contribution < 1.29 is 27.5 Å². The second-order valence-corrected chi connectivity index (χ2v) is 6.77. The first-order chi connectivity index (χ1) is 13.5. The van der Waals surface area contributed by atoms with Crippen molar-refractivity contribution in [3.05, 3.63) is 65.2 Å². The molecule has 0 saturated heterocycles. The van der Waals surface area contributed by atoms with Crippen molar-refractivity contribution in [1.29, 1.82) is 0 Å². The van der Waals surface area contributed by atoms with Crippen LogP contribution in [-0.4, -0.2) is 30.1 Å². The van der Waals surface area contributed by atoms with Crippen molar-refractivity contribution in [2.45, 2.75) is 39.2 Å². The van der Waals surface area contributed by atoms with E-state index < -0.39 is 12.4 Å². The average Bonchev–Trinajstić information content (AvgIpc) is 2.61. The van der Waals surface area contributed by atoms with E-state index in [-0.39, 0.29) is 36.1 Å². The predicted molar refractivity (Wildman–Crippen MR) is 102 cm³/mol. The molecule has 0 spiro atoms. The molecule has 1 unspecified atom stereocenters. The summed E-state index contributed by atoms with van der Waals surface area (Å²) in [5, 5.41) is 2.75. The highest BCUT2D eigenvalue weighted by Gasteiger charge is 2.32. The highest BCUT2D eigenvalue weighted by Crippen LogP contribution is 2.27. The van der Waals surface area contributed by atoms with Crippen LogP contribution in [0.15, 0.2) is 48.5 Å². The molecule has 2 amide bonds. The molecule has 0 aromatic heterocycles. The number of benzene rings is 2. The molecule has 0 bridgehead atoms. The zero-order chi connectivity index (χ0) is 21.6.